The van der Waals surface area contributed by atoms with Crippen LogP contribution in [0.2, 0.25) is 0 Å². The van der Waals surface area contributed by atoms with Crippen LogP contribution >= 0.6 is 22.6 Å². The minimum atomic E-state index is 0.144. The molecule has 1 aliphatic rings. The number of halogens is 1. The highest BCUT2D eigenvalue weighted by Crippen LogP contribution is 2.18. The van der Waals surface area contributed by atoms with Crippen molar-refractivity contribution < 1.29 is 4.79 Å². The summed E-state index contributed by atoms with van der Waals surface area (Å²) in [5, 5.41) is 0. The normalized spacial score (nSPS) is 15.0. The van der Waals surface area contributed by atoms with Gasteiger partial charge in [0, 0.05) is 60.8 Å². The van der Waals surface area contributed by atoms with Crippen molar-refractivity contribution in [3.63, 3.8) is 0 Å². The van der Waals surface area contributed by atoms with Crippen molar-refractivity contribution in [1.82, 2.24) is 19.4 Å². The van der Waals surface area contributed by atoms with Gasteiger partial charge in [0.1, 0.15) is 5.82 Å². The molecule has 0 atom stereocenters. The van der Waals surface area contributed by atoms with Gasteiger partial charge in [-0.05, 0) is 34.7 Å². The maximum absolute atomic E-state index is 12.8. The lowest BCUT2D eigenvalue weighted by Crippen LogP contribution is -2.49. The molecular weight excluding hydrogens is 463 g/mol. The molecule has 1 saturated heterocycles. The summed E-state index contributed by atoms with van der Waals surface area (Å²) >= 11 is 2.24. The Kier molecular flexibility index (Phi) is 6.07. The molecule has 1 fully saturated rings. The molecule has 0 N–H and O–H groups in total. The maximum atomic E-state index is 12.8. The van der Waals surface area contributed by atoms with Crippen LogP contribution in [0, 0.1) is 3.57 Å². The lowest BCUT2D eigenvalue weighted by atomic mass is 10.2. The number of amides is 1. The first-order chi connectivity index (χ1) is 13.7. The molecule has 3 aromatic rings. The number of carbonyl (C=O) groups is 1. The summed E-state index contributed by atoms with van der Waals surface area (Å²) in [5.74, 6) is 1.15. The maximum Gasteiger partial charge on any atom is 0.255 e. The minimum absolute atomic E-state index is 0.144. The summed E-state index contributed by atoms with van der Waals surface area (Å²) in [6.07, 6.45) is 3.90. The van der Waals surface area contributed by atoms with E-state index in [1.807, 2.05) is 59.8 Å². The molecule has 0 aliphatic carbocycles. The molecule has 1 amide bonds. The average molecular weight is 486 g/mol. The first-order valence-corrected chi connectivity index (χ1v) is 10.6. The number of hydrogen-bond acceptors (Lipinski definition) is 3. The molecule has 0 unspecified atom stereocenters. The molecule has 0 bridgehead atoms. The number of nitrogens with zero attached hydrogens (tertiary/aromatic N) is 4. The van der Waals surface area contributed by atoms with Crippen molar-refractivity contribution in [3.05, 3.63) is 76.1 Å². The summed E-state index contributed by atoms with van der Waals surface area (Å²) in [4.78, 5) is 21.7. The van der Waals surface area contributed by atoms with E-state index in [0.717, 1.165) is 59.8 Å². The van der Waals surface area contributed by atoms with E-state index in [-0.39, 0.29) is 5.91 Å². The topological polar surface area (TPSA) is 41.4 Å². The second-order valence-corrected chi connectivity index (χ2v) is 8.09. The number of piperazine rings is 1. The standard InChI is InChI=1S/C22H23IN4O/c23-20-9-5-4-8-19(20)22(28)27-16-13-25(14-17-27)12-15-26-11-10-24-21(26)18-6-2-1-3-7-18/h1-11H,12-17H2. The molecule has 5 nitrogen and oxygen atoms in total. The molecule has 2 heterocycles. The molecule has 28 heavy (non-hydrogen) atoms. The zero-order valence-electron chi connectivity index (χ0n) is 15.7. The highest BCUT2D eigenvalue weighted by Gasteiger charge is 2.23. The Morgan fingerprint density at radius 1 is 0.929 bits per heavy atom. The van der Waals surface area contributed by atoms with E-state index in [1.54, 1.807) is 0 Å². The van der Waals surface area contributed by atoms with Crippen LogP contribution in [0.1, 0.15) is 10.4 Å². The van der Waals surface area contributed by atoms with Crippen molar-refractivity contribution >= 4 is 28.5 Å². The van der Waals surface area contributed by atoms with Gasteiger partial charge in [-0.25, -0.2) is 4.98 Å². The Morgan fingerprint density at radius 3 is 2.39 bits per heavy atom. The van der Waals surface area contributed by atoms with Gasteiger partial charge in [0.15, 0.2) is 0 Å². The van der Waals surface area contributed by atoms with E-state index >= 15 is 0 Å². The lowest BCUT2D eigenvalue weighted by molar-refractivity contribution is 0.0632. The fourth-order valence-corrected chi connectivity index (χ4v) is 4.18. The quantitative estimate of drug-likeness (QED) is 0.518. The average Bonchev–Trinajstić information content (AvgIpc) is 3.22. The summed E-state index contributed by atoms with van der Waals surface area (Å²) in [5.41, 5.74) is 1.95. The molecule has 4 rings (SSSR count). The van der Waals surface area contributed by atoms with Gasteiger partial charge >= 0.3 is 0 Å². The predicted octanol–water partition coefficient (Wildman–Crippen LogP) is 3.61. The summed E-state index contributed by atoms with van der Waals surface area (Å²) in [6.45, 7) is 5.23. The third-order valence-electron chi connectivity index (χ3n) is 5.17. The van der Waals surface area contributed by atoms with Crippen LogP contribution in [0.15, 0.2) is 67.0 Å². The van der Waals surface area contributed by atoms with E-state index in [1.165, 1.54) is 0 Å². The zero-order valence-corrected chi connectivity index (χ0v) is 17.8. The molecule has 6 heteroatoms. The Hall–Kier alpha value is -2.19. The van der Waals surface area contributed by atoms with Crippen LogP contribution in [0.5, 0.6) is 0 Å². The first kappa shape index (κ1) is 19.1. The van der Waals surface area contributed by atoms with Gasteiger partial charge in [0.2, 0.25) is 0 Å². The summed E-state index contributed by atoms with van der Waals surface area (Å²) in [7, 11) is 0. The molecule has 144 valence electrons. The number of benzene rings is 2. The SMILES string of the molecule is O=C(c1ccccc1I)N1CCN(CCn2ccnc2-c2ccccc2)CC1. The monoisotopic (exact) mass is 486 g/mol. The lowest BCUT2D eigenvalue weighted by Gasteiger charge is -2.35. The smallest absolute Gasteiger partial charge is 0.255 e. The molecule has 2 aromatic carbocycles. The largest absolute Gasteiger partial charge is 0.336 e. The van der Waals surface area contributed by atoms with Crippen molar-refractivity contribution in [2.75, 3.05) is 32.7 Å². The number of aromatic nitrogens is 2. The summed E-state index contributed by atoms with van der Waals surface area (Å²) < 4.78 is 3.22. The van der Waals surface area contributed by atoms with Crippen LogP contribution in [-0.4, -0.2) is 58.0 Å². The van der Waals surface area contributed by atoms with E-state index in [9.17, 15) is 4.79 Å². The molecule has 0 saturated carbocycles. The molecule has 1 aromatic heterocycles. The van der Waals surface area contributed by atoms with E-state index in [2.05, 4.69) is 49.2 Å². The van der Waals surface area contributed by atoms with Gasteiger partial charge in [-0.3, -0.25) is 9.69 Å². The predicted molar refractivity (Wildman–Crippen MR) is 119 cm³/mol. The van der Waals surface area contributed by atoms with Crippen LogP contribution in [0.25, 0.3) is 11.4 Å². The Bertz CT molecular complexity index is 932. The fourth-order valence-electron chi connectivity index (χ4n) is 3.57. The highest BCUT2D eigenvalue weighted by atomic mass is 127. The Morgan fingerprint density at radius 2 is 1.64 bits per heavy atom. The molecule has 0 spiro atoms. The van der Waals surface area contributed by atoms with Gasteiger partial charge in [-0.1, -0.05) is 42.5 Å². The number of carbonyl (C=O) groups excluding carboxylic acids is 1. The first-order valence-electron chi connectivity index (χ1n) is 9.55. The fraction of sp³-hybridized carbons (Fsp3) is 0.273. The van der Waals surface area contributed by atoms with Crippen LogP contribution in [-0.2, 0) is 6.54 Å². The second-order valence-electron chi connectivity index (χ2n) is 6.92. The third-order valence-corrected chi connectivity index (χ3v) is 6.11. The molecular formula is C22H23IN4O. The van der Waals surface area contributed by atoms with Crippen molar-refractivity contribution in [1.29, 1.82) is 0 Å². The summed E-state index contributed by atoms with van der Waals surface area (Å²) in [6, 6.07) is 18.1. The van der Waals surface area contributed by atoms with Gasteiger partial charge in [-0.2, -0.15) is 0 Å². The third kappa shape index (κ3) is 4.28. The van der Waals surface area contributed by atoms with Crippen molar-refractivity contribution in [2.45, 2.75) is 6.54 Å². The molecule has 1 aliphatic heterocycles. The zero-order chi connectivity index (χ0) is 19.3. The number of rotatable bonds is 5. The van der Waals surface area contributed by atoms with Gasteiger partial charge in [0.05, 0.1) is 5.56 Å². The van der Waals surface area contributed by atoms with Crippen LogP contribution < -0.4 is 0 Å². The number of imidazole rings is 1. The second kappa shape index (κ2) is 8.87. The van der Waals surface area contributed by atoms with Gasteiger partial charge < -0.3 is 9.47 Å². The van der Waals surface area contributed by atoms with Gasteiger partial charge in [-0.15, -0.1) is 0 Å². The van der Waals surface area contributed by atoms with Crippen LogP contribution in [0.3, 0.4) is 0 Å². The van der Waals surface area contributed by atoms with Crippen LogP contribution in [0.4, 0.5) is 0 Å². The minimum Gasteiger partial charge on any atom is -0.336 e. The van der Waals surface area contributed by atoms with Crippen molar-refractivity contribution in [2.24, 2.45) is 0 Å². The van der Waals surface area contributed by atoms with Crippen molar-refractivity contribution in [3.8, 4) is 11.4 Å². The van der Waals surface area contributed by atoms with Gasteiger partial charge in [0.25, 0.3) is 5.91 Å². The number of hydrogen-bond donors (Lipinski definition) is 0. The Labute approximate surface area is 179 Å². The van der Waals surface area contributed by atoms with E-state index < -0.39 is 0 Å². The highest BCUT2D eigenvalue weighted by molar-refractivity contribution is 14.1. The van der Waals surface area contributed by atoms with E-state index in [0.29, 0.717) is 0 Å². The Balaban J connectivity index is 1.32. The van der Waals surface area contributed by atoms with E-state index in [4.69, 9.17) is 0 Å². The molecule has 0 radical (unpaired) electrons.